The number of hydrogen-bond acceptors (Lipinski definition) is 6. The Balaban J connectivity index is 2.22. The molecule has 1 aromatic carbocycles. The van der Waals surface area contributed by atoms with Crippen LogP contribution in [0.15, 0.2) is 29.1 Å². The molecule has 0 aliphatic carbocycles. The van der Waals surface area contributed by atoms with E-state index in [-0.39, 0.29) is 30.0 Å². The van der Waals surface area contributed by atoms with Crippen molar-refractivity contribution in [3.63, 3.8) is 0 Å². The molecule has 1 N–H and O–H groups in total. The zero-order valence-corrected chi connectivity index (χ0v) is 14.3. The van der Waals surface area contributed by atoms with Gasteiger partial charge in [0.25, 0.3) is 15.7 Å². The van der Waals surface area contributed by atoms with Crippen molar-refractivity contribution in [2.45, 2.75) is 6.04 Å². The standard InChI is InChI=1S/C16H14FNO7S/c1-26(22,23)25-8-10-7-24-16-12(17)6-9(2-5-14(20)21)11-3-4-13(19)18(10)15(11)16/h2-6,10H,7-8H2,1H3,(H,20,21)/t10-/m0/s1. The van der Waals surface area contributed by atoms with Crippen LogP contribution in [0.2, 0.25) is 0 Å². The zero-order valence-electron chi connectivity index (χ0n) is 13.5. The molecule has 0 spiro atoms. The summed E-state index contributed by atoms with van der Waals surface area (Å²) in [6, 6.07) is 2.99. The highest BCUT2D eigenvalue weighted by atomic mass is 32.2. The van der Waals surface area contributed by atoms with Crippen molar-refractivity contribution in [2.75, 3.05) is 19.5 Å². The predicted molar refractivity (Wildman–Crippen MR) is 90.2 cm³/mol. The Morgan fingerprint density at radius 3 is 2.88 bits per heavy atom. The lowest BCUT2D eigenvalue weighted by Gasteiger charge is -2.28. The van der Waals surface area contributed by atoms with Crippen LogP contribution < -0.4 is 10.3 Å². The summed E-state index contributed by atoms with van der Waals surface area (Å²) in [6.07, 6.45) is 2.93. The minimum absolute atomic E-state index is 0.121. The lowest BCUT2D eigenvalue weighted by Crippen LogP contribution is -2.35. The molecule has 0 unspecified atom stereocenters. The molecule has 8 nitrogen and oxygen atoms in total. The Labute approximate surface area is 147 Å². The average molecular weight is 383 g/mol. The molecule has 0 fully saturated rings. The van der Waals surface area contributed by atoms with Gasteiger partial charge in [0.15, 0.2) is 11.6 Å². The van der Waals surface area contributed by atoms with Gasteiger partial charge in [-0.2, -0.15) is 8.42 Å². The number of carboxylic acids is 1. The molecule has 0 saturated heterocycles. The van der Waals surface area contributed by atoms with Crippen molar-refractivity contribution in [2.24, 2.45) is 0 Å². The van der Waals surface area contributed by atoms with Gasteiger partial charge in [-0.05, 0) is 23.8 Å². The molecular weight excluding hydrogens is 369 g/mol. The van der Waals surface area contributed by atoms with E-state index in [0.29, 0.717) is 5.39 Å². The highest BCUT2D eigenvalue weighted by Gasteiger charge is 2.28. The van der Waals surface area contributed by atoms with Crippen molar-refractivity contribution in [1.82, 2.24) is 4.57 Å². The van der Waals surface area contributed by atoms with Crippen LogP contribution >= 0.6 is 0 Å². The van der Waals surface area contributed by atoms with Crippen LogP contribution in [0, 0.1) is 5.82 Å². The SMILES string of the molecule is CS(=O)(=O)OC[C@@H]1COc2c(F)cc(C=CC(=O)O)c3ccc(=O)n1c23. The van der Waals surface area contributed by atoms with Gasteiger partial charge in [-0.3, -0.25) is 13.5 Å². The summed E-state index contributed by atoms with van der Waals surface area (Å²) in [7, 11) is -3.74. The number of aromatic nitrogens is 1. The Kier molecular flexibility index (Phi) is 4.55. The van der Waals surface area contributed by atoms with Crippen molar-refractivity contribution >= 4 is 33.1 Å². The predicted octanol–water partition coefficient (Wildman–Crippen LogP) is 1.15. The lowest BCUT2D eigenvalue weighted by molar-refractivity contribution is -0.131. The number of aliphatic carboxylic acids is 1. The van der Waals surface area contributed by atoms with E-state index < -0.39 is 33.5 Å². The third-order valence-electron chi connectivity index (χ3n) is 3.82. The quantitative estimate of drug-likeness (QED) is 0.609. The smallest absolute Gasteiger partial charge is 0.328 e. The number of benzene rings is 1. The molecule has 0 amide bonds. The van der Waals surface area contributed by atoms with E-state index in [4.69, 9.17) is 14.0 Å². The second-order valence-electron chi connectivity index (χ2n) is 5.71. The van der Waals surface area contributed by atoms with Gasteiger partial charge >= 0.3 is 5.97 Å². The zero-order chi connectivity index (χ0) is 19.1. The number of nitrogens with zero attached hydrogens (tertiary/aromatic N) is 1. The first-order valence-corrected chi connectivity index (χ1v) is 9.25. The number of carboxylic acid groups (broad SMARTS) is 1. The maximum atomic E-state index is 14.4. The van der Waals surface area contributed by atoms with Gasteiger partial charge in [-0.1, -0.05) is 0 Å². The normalized spacial score (nSPS) is 16.8. The molecule has 1 atom stereocenters. The van der Waals surface area contributed by atoms with E-state index in [2.05, 4.69) is 0 Å². The monoisotopic (exact) mass is 383 g/mol. The summed E-state index contributed by atoms with van der Waals surface area (Å²) in [5, 5.41) is 9.17. The maximum absolute atomic E-state index is 14.4. The van der Waals surface area contributed by atoms with Gasteiger partial charge < -0.3 is 9.84 Å². The Hall–Kier alpha value is -2.72. The first kappa shape index (κ1) is 18.1. The number of halogens is 1. The summed E-state index contributed by atoms with van der Waals surface area (Å²) in [4.78, 5) is 23.1. The van der Waals surface area contributed by atoms with E-state index in [1.165, 1.54) is 22.8 Å². The number of hydrogen-bond donors (Lipinski definition) is 1. The molecule has 1 aliphatic rings. The van der Waals surface area contributed by atoms with E-state index in [1.54, 1.807) is 0 Å². The molecule has 2 aromatic rings. The van der Waals surface area contributed by atoms with Crippen molar-refractivity contribution in [1.29, 1.82) is 0 Å². The molecular formula is C16H14FNO7S. The van der Waals surface area contributed by atoms with Crippen LogP contribution in [0.4, 0.5) is 4.39 Å². The van der Waals surface area contributed by atoms with E-state index >= 15 is 0 Å². The van der Waals surface area contributed by atoms with E-state index in [0.717, 1.165) is 18.4 Å². The Bertz CT molecular complexity index is 1090. The summed E-state index contributed by atoms with van der Waals surface area (Å²) in [6.45, 7) is -0.503. The van der Waals surface area contributed by atoms with Crippen LogP contribution in [0.3, 0.4) is 0 Å². The third-order valence-corrected chi connectivity index (χ3v) is 4.38. The minimum Gasteiger partial charge on any atom is -0.486 e. The summed E-state index contributed by atoms with van der Waals surface area (Å²) < 4.78 is 48.2. The van der Waals surface area contributed by atoms with E-state index in [1.807, 2.05) is 0 Å². The lowest BCUT2D eigenvalue weighted by atomic mass is 10.0. The molecule has 10 heteroatoms. The largest absolute Gasteiger partial charge is 0.486 e. The molecule has 1 aliphatic heterocycles. The first-order chi connectivity index (χ1) is 12.2. The summed E-state index contributed by atoms with van der Waals surface area (Å²) in [5.74, 6) is -2.12. The first-order valence-electron chi connectivity index (χ1n) is 7.43. The molecule has 0 bridgehead atoms. The van der Waals surface area contributed by atoms with Gasteiger partial charge in [0.2, 0.25) is 0 Å². The molecule has 0 radical (unpaired) electrons. The number of rotatable bonds is 5. The van der Waals surface area contributed by atoms with Gasteiger partial charge in [0, 0.05) is 17.5 Å². The molecule has 0 saturated carbocycles. The van der Waals surface area contributed by atoms with Crippen LogP contribution in [0.1, 0.15) is 11.6 Å². The van der Waals surface area contributed by atoms with Crippen molar-refractivity contribution in [3.05, 3.63) is 46.0 Å². The minimum atomic E-state index is -3.74. The van der Waals surface area contributed by atoms with Gasteiger partial charge in [-0.25, -0.2) is 9.18 Å². The molecule has 1 aromatic heterocycles. The summed E-state index contributed by atoms with van der Waals surface area (Å²) in [5.41, 5.74) is -0.121. The maximum Gasteiger partial charge on any atom is 0.328 e. The highest BCUT2D eigenvalue weighted by Crippen LogP contribution is 2.36. The van der Waals surface area contributed by atoms with E-state index in [9.17, 15) is 22.4 Å². The van der Waals surface area contributed by atoms with Crippen LogP contribution in [-0.2, 0) is 19.1 Å². The molecule has 3 rings (SSSR count). The van der Waals surface area contributed by atoms with Crippen LogP contribution in [0.5, 0.6) is 5.75 Å². The van der Waals surface area contributed by atoms with Crippen molar-refractivity contribution < 1.29 is 31.6 Å². The van der Waals surface area contributed by atoms with Crippen molar-refractivity contribution in [3.8, 4) is 5.75 Å². The average Bonchev–Trinajstić information content (AvgIpc) is 2.55. The fourth-order valence-electron chi connectivity index (χ4n) is 2.79. The van der Waals surface area contributed by atoms with Crippen LogP contribution in [0.25, 0.3) is 17.0 Å². The molecule has 26 heavy (non-hydrogen) atoms. The number of pyridine rings is 1. The van der Waals surface area contributed by atoms with Gasteiger partial charge in [-0.15, -0.1) is 0 Å². The van der Waals surface area contributed by atoms with Gasteiger partial charge in [0.1, 0.15) is 6.61 Å². The number of ether oxygens (including phenoxy) is 1. The highest BCUT2D eigenvalue weighted by molar-refractivity contribution is 7.85. The topological polar surface area (TPSA) is 112 Å². The molecule has 2 heterocycles. The fourth-order valence-corrected chi connectivity index (χ4v) is 3.19. The Morgan fingerprint density at radius 2 is 2.23 bits per heavy atom. The Morgan fingerprint density at radius 1 is 1.50 bits per heavy atom. The summed E-state index contributed by atoms with van der Waals surface area (Å²) >= 11 is 0. The fraction of sp³-hybridized carbons (Fsp3) is 0.250. The third kappa shape index (κ3) is 3.46. The number of carbonyl (C=O) groups is 1. The second-order valence-corrected chi connectivity index (χ2v) is 7.35. The van der Waals surface area contributed by atoms with Gasteiger partial charge in [0.05, 0.1) is 24.4 Å². The second kappa shape index (κ2) is 6.54. The molecule has 138 valence electrons. The van der Waals surface area contributed by atoms with Crippen LogP contribution in [-0.4, -0.2) is 43.5 Å².